The molecule has 1 saturated heterocycles. The van der Waals surface area contributed by atoms with Crippen LogP contribution in [0.3, 0.4) is 0 Å². The van der Waals surface area contributed by atoms with Gasteiger partial charge in [-0.05, 0) is 110 Å². The summed E-state index contributed by atoms with van der Waals surface area (Å²) in [6, 6.07) is 7.81. The maximum atomic E-state index is 14.3. The van der Waals surface area contributed by atoms with E-state index in [0.717, 1.165) is 38.9 Å². The first kappa shape index (κ1) is 25.3. The van der Waals surface area contributed by atoms with Crippen LogP contribution >= 0.6 is 22.6 Å². The number of carbonyl (C=O) groups is 2. The number of nitrogens with zero attached hydrogens (tertiary/aromatic N) is 2. The van der Waals surface area contributed by atoms with E-state index in [4.69, 9.17) is 0 Å². The zero-order valence-electron chi connectivity index (χ0n) is 20.1. The number of halogens is 1. The Kier molecular flexibility index (Phi) is 7.22. The first-order chi connectivity index (χ1) is 16.0. The molecule has 0 bridgehead atoms. The third kappa shape index (κ3) is 4.44. The van der Waals surface area contributed by atoms with E-state index in [-0.39, 0.29) is 23.3 Å². The zero-order chi connectivity index (χ0) is 24.8. The number of rotatable bonds is 5. The number of aryl methyl sites for hydroxylation is 2. The number of carbonyl (C=O) groups excluding carboxylic acids is 2. The van der Waals surface area contributed by atoms with Gasteiger partial charge in [0, 0.05) is 9.61 Å². The normalized spacial score (nSPS) is 19.9. The highest BCUT2D eigenvalue weighted by Crippen LogP contribution is 2.37. The van der Waals surface area contributed by atoms with Crippen molar-refractivity contribution in [3.63, 3.8) is 0 Å². The smallest absolute Gasteiger partial charge is 0.252 e. The molecule has 182 valence electrons. The summed E-state index contributed by atoms with van der Waals surface area (Å²) in [5.41, 5.74) is 3.70. The highest BCUT2D eigenvalue weighted by atomic mass is 127. The minimum Gasteiger partial charge on any atom is -0.274 e. The van der Waals surface area contributed by atoms with Crippen molar-refractivity contribution >= 4 is 50.1 Å². The average Bonchev–Trinajstić information content (AvgIpc) is 3.07. The van der Waals surface area contributed by atoms with Crippen LogP contribution in [-0.2, 0) is 19.6 Å². The Labute approximate surface area is 215 Å². The highest BCUT2D eigenvalue weighted by molar-refractivity contribution is 14.1. The number of sulfonamides is 1. The fourth-order valence-corrected chi connectivity index (χ4v) is 8.07. The molecule has 0 N–H and O–H groups in total. The summed E-state index contributed by atoms with van der Waals surface area (Å²) in [6.07, 6.45) is 4.14. The summed E-state index contributed by atoms with van der Waals surface area (Å²) in [7, 11) is -4.03. The number of amides is 2. The molecule has 2 aromatic rings. The Balaban J connectivity index is 1.83. The molecule has 0 radical (unpaired) electrons. The second-order valence-corrected chi connectivity index (χ2v) is 12.5. The average molecular weight is 595 g/mol. The minimum absolute atomic E-state index is 0.135. The third-order valence-corrected chi connectivity index (χ3v) is 10.2. The van der Waals surface area contributed by atoms with Crippen LogP contribution in [0.25, 0.3) is 0 Å². The van der Waals surface area contributed by atoms with Crippen molar-refractivity contribution in [3.05, 3.63) is 56.2 Å². The number of anilines is 1. The third-order valence-electron chi connectivity index (χ3n) is 7.28. The van der Waals surface area contributed by atoms with E-state index in [1.807, 2.05) is 45.9 Å². The highest BCUT2D eigenvalue weighted by Gasteiger charge is 2.50. The first-order valence-corrected chi connectivity index (χ1v) is 14.3. The molecule has 1 atom stereocenters. The number of hydrogen-bond donors (Lipinski definition) is 0. The molecule has 1 heterocycles. The van der Waals surface area contributed by atoms with Crippen molar-refractivity contribution < 1.29 is 18.0 Å². The molecule has 2 aromatic carbocycles. The molecule has 4 rings (SSSR count). The monoisotopic (exact) mass is 594 g/mol. The molecular weight excluding hydrogens is 563 g/mol. The molecule has 1 unspecified atom stereocenters. The van der Waals surface area contributed by atoms with Gasteiger partial charge in [-0.25, -0.2) is 13.3 Å². The predicted octanol–water partition coefficient (Wildman–Crippen LogP) is 5.18. The predicted molar refractivity (Wildman–Crippen MR) is 141 cm³/mol. The van der Waals surface area contributed by atoms with Crippen molar-refractivity contribution in [3.8, 4) is 0 Å². The van der Waals surface area contributed by atoms with Crippen LogP contribution in [0, 0.1) is 31.3 Å². The van der Waals surface area contributed by atoms with Gasteiger partial charge in [0.2, 0.25) is 15.9 Å². The van der Waals surface area contributed by atoms with Crippen LogP contribution in [0.15, 0.2) is 35.2 Å². The summed E-state index contributed by atoms with van der Waals surface area (Å²) >= 11 is 2.17. The summed E-state index contributed by atoms with van der Waals surface area (Å²) in [5, 5.41) is 0. The van der Waals surface area contributed by atoms with Gasteiger partial charge in [0.25, 0.3) is 5.91 Å². The van der Waals surface area contributed by atoms with Crippen molar-refractivity contribution in [2.24, 2.45) is 0 Å². The topological polar surface area (TPSA) is 74.8 Å². The fraction of sp³-hybridized carbons (Fsp3) is 0.462. The zero-order valence-corrected chi connectivity index (χ0v) is 23.1. The lowest BCUT2D eigenvalue weighted by atomic mass is 9.94. The van der Waals surface area contributed by atoms with E-state index in [9.17, 15) is 18.0 Å². The van der Waals surface area contributed by atoms with Gasteiger partial charge in [-0.1, -0.05) is 25.3 Å². The second kappa shape index (κ2) is 9.70. The van der Waals surface area contributed by atoms with Crippen LogP contribution in [0.5, 0.6) is 0 Å². The van der Waals surface area contributed by atoms with Crippen LogP contribution in [-0.4, -0.2) is 36.6 Å². The molecule has 34 heavy (non-hydrogen) atoms. The molecule has 2 amide bonds. The number of hydrogen-bond acceptors (Lipinski definition) is 4. The standard InChI is InChI=1S/C26H31IN2O4S/c1-16-14-17(2)19(4)25(18(16)3)34(32,33)29(22-8-6-5-7-9-22)23-15-24(30)28(26(23)31)21-12-10-20(27)11-13-21/h10-14,22-23H,5-9,15H2,1-4H3. The van der Waals surface area contributed by atoms with E-state index in [1.165, 1.54) is 4.31 Å². The van der Waals surface area contributed by atoms with E-state index in [2.05, 4.69) is 22.6 Å². The van der Waals surface area contributed by atoms with Gasteiger partial charge in [0.15, 0.2) is 0 Å². The van der Waals surface area contributed by atoms with Crippen molar-refractivity contribution in [2.45, 2.75) is 83.2 Å². The second-order valence-electron chi connectivity index (χ2n) is 9.48. The Morgan fingerprint density at radius 2 is 1.47 bits per heavy atom. The van der Waals surface area contributed by atoms with Crippen molar-refractivity contribution in [2.75, 3.05) is 4.90 Å². The maximum absolute atomic E-state index is 14.3. The van der Waals surface area contributed by atoms with Crippen LogP contribution in [0.2, 0.25) is 0 Å². The van der Waals surface area contributed by atoms with Crippen LogP contribution in [0.1, 0.15) is 60.8 Å². The van der Waals surface area contributed by atoms with E-state index < -0.39 is 22.0 Å². The molecule has 8 heteroatoms. The molecule has 1 aliphatic heterocycles. The SMILES string of the molecule is Cc1cc(C)c(C)c(S(=O)(=O)N(C2CCCCC2)C2CC(=O)N(c3ccc(I)cc3)C2=O)c1C. The molecule has 2 aliphatic rings. The summed E-state index contributed by atoms with van der Waals surface area (Å²) < 4.78 is 31.1. The molecular formula is C26H31IN2O4S. The fourth-order valence-electron chi connectivity index (χ4n) is 5.30. The summed E-state index contributed by atoms with van der Waals surface area (Å²) in [5.74, 6) is -0.818. The largest absolute Gasteiger partial charge is 0.274 e. The van der Waals surface area contributed by atoms with E-state index in [0.29, 0.717) is 29.7 Å². The van der Waals surface area contributed by atoms with Gasteiger partial charge in [-0.2, -0.15) is 4.31 Å². The van der Waals surface area contributed by atoms with E-state index >= 15 is 0 Å². The Morgan fingerprint density at radius 3 is 2.03 bits per heavy atom. The molecule has 0 aromatic heterocycles. The van der Waals surface area contributed by atoms with Gasteiger partial charge in [-0.15, -0.1) is 0 Å². The minimum atomic E-state index is -4.03. The summed E-state index contributed by atoms with van der Waals surface area (Å²) in [4.78, 5) is 28.2. The maximum Gasteiger partial charge on any atom is 0.252 e. The van der Waals surface area contributed by atoms with Crippen molar-refractivity contribution in [1.29, 1.82) is 0 Å². The molecule has 0 spiro atoms. The Morgan fingerprint density at radius 1 is 0.912 bits per heavy atom. The van der Waals surface area contributed by atoms with E-state index in [1.54, 1.807) is 12.1 Å². The van der Waals surface area contributed by atoms with Gasteiger partial charge >= 0.3 is 0 Å². The van der Waals surface area contributed by atoms with Gasteiger partial charge in [0.05, 0.1) is 17.0 Å². The first-order valence-electron chi connectivity index (χ1n) is 11.8. The van der Waals surface area contributed by atoms with Gasteiger partial charge in [0.1, 0.15) is 6.04 Å². The van der Waals surface area contributed by atoms with Crippen LogP contribution < -0.4 is 4.90 Å². The molecule has 1 saturated carbocycles. The lowest BCUT2D eigenvalue weighted by Gasteiger charge is -2.37. The molecule has 6 nitrogen and oxygen atoms in total. The molecule has 1 aliphatic carbocycles. The Bertz CT molecular complexity index is 1210. The lowest BCUT2D eigenvalue weighted by Crippen LogP contribution is -2.51. The van der Waals surface area contributed by atoms with Gasteiger partial charge in [-0.3, -0.25) is 9.59 Å². The number of imide groups is 1. The van der Waals surface area contributed by atoms with Gasteiger partial charge < -0.3 is 0 Å². The summed E-state index contributed by atoms with van der Waals surface area (Å²) in [6.45, 7) is 7.48. The molecule has 2 fully saturated rings. The number of benzene rings is 2. The lowest BCUT2D eigenvalue weighted by molar-refractivity contribution is -0.122. The Hall–Kier alpha value is -1.78. The quantitative estimate of drug-likeness (QED) is 0.353. The van der Waals surface area contributed by atoms with Crippen LogP contribution in [0.4, 0.5) is 5.69 Å². The van der Waals surface area contributed by atoms with Crippen molar-refractivity contribution in [1.82, 2.24) is 4.31 Å².